The summed E-state index contributed by atoms with van der Waals surface area (Å²) >= 11 is 0. The Morgan fingerprint density at radius 1 is 1.00 bits per heavy atom. The van der Waals surface area contributed by atoms with Gasteiger partial charge in [0.05, 0.1) is 18.3 Å². The van der Waals surface area contributed by atoms with Crippen LogP contribution in [0.3, 0.4) is 0 Å². The van der Waals surface area contributed by atoms with Gasteiger partial charge in [-0.25, -0.2) is 0 Å². The summed E-state index contributed by atoms with van der Waals surface area (Å²) in [4.78, 5) is 0. The van der Waals surface area contributed by atoms with Crippen molar-refractivity contribution in [3.05, 3.63) is 0 Å². The van der Waals surface area contributed by atoms with Crippen molar-refractivity contribution in [1.29, 1.82) is 0 Å². The molecule has 0 aromatic carbocycles. The Balaban J connectivity index is 1.94. The SMILES string of the molecule is C[C@H]1[C@H]2[C@H](CC(C)(C)C2(C)C)OC2[C@@H]1CC(C)(C)[C@H]2O. The molecule has 0 aromatic rings. The van der Waals surface area contributed by atoms with Crippen molar-refractivity contribution in [1.82, 2.24) is 0 Å². The van der Waals surface area contributed by atoms with Crippen molar-refractivity contribution in [2.24, 2.45) is 34.0 Å². The first kappa shape index (κ1) is 14.8. The van der Waals surface area contributed by atoms with Crippen LogP contribution in [0.2, 0.25) is 0 Å². The Bertz CT molecular complexity index is 410. The molecular formula is C18H32O2. The molecule has 2 aliphatic carbocycles. The van der Waals surface area contributed by atoms with Crippen LogP contribution >= 0.6 is 0 Å². The molecule has 1 aliphatic heterocycles. The normalized spacial score (nSPS) is 51.6. The highest BCUT2D eigenvalue weighted by Gasteiger charge is 2.63. The molecule has 2 saturated carbocycles. The molecule has 0 radical (unpaired) electrons. The van der Waals surface area contributed by atoms with Crippen molar-refractivity contribution < 1.29 is 9.84 Å². The van der Waals surface area contributed by atoms with Gasteiger partial charge in [0.25, 0.3) is 0 Å². The second-order valence-electron chi connectivity index (χ2n) is 9.64. The molecule has 2 nitrogen and oxygen atoms in total. The molecule has 0 amide bonds. The molecule has 2 heteroatoms. The van der Waals surface area contributed by atoms with E-state index in [-0.39, 0.29) is 17.6 Å². The lowest BCUT2D eigenvalue weighted by Gasteiger charge is -2.48. The van der Waals surface area contributed by atoms with E-state index < -0.39 is 0 Å². The lowest BCUT2D eigenvalue weighted by atomic mass is 9.61. The minimum Gasteiger partial charge on any atom is -0.390 e. The van der Waals surface area contributed by atoms with E-state index in [1.54, 1.807) is 0 Å². The Kier molecular flexibility index (Phi) is 2.98. The molecule has 0 aromatic heterocycles. The van der Waals surface area contributed by atoms with Gasteiger partial charge in [-0.3, -0.25) is 0 Å². The number of rotatable bonds is 0. The molecule has 6 atom stereocenters. The molecule has 1 heterocycles. The van der Waals surface area contributed by atoms with Crippen LogP contribution in [0.5, 0.6) is 0 Å². The van der Waals surface area contributed by atoms with E-state index in [4.69, 9.17) is 4.74 Å². The maximum absolute atomic E-state index is 10.6. The highest BCUT2D eigenvalue weighted by Crippen LogP contribution is 2.64. The van der Waals surface area contributed by atoms with Crippen LogP contribution in [0.4, 0.5) is 0 Å². The van der Waals surface area contributed by atoms with Crippen LogP contribution in [0.1, 0.15) is 61.3 Å². The van der Waals surface area contributed by atoms with Crippen molar-refractivity contribution in [3.63, 3.8) is 0 Å². The fraction of sp³-hybridized carbons (Fsp3) is 1.00. The van der Waals surface area contributed by atoms with E-state index in [1.807, 2.05) is 0 Å². The average molecular weight is 280 g/mol. The summed E-state index contributed by atoms with van der Waals surface area (Å²) in [6.45, 7) is 16.4. The van der Waals surface area contributed by atoms with Crippen molar-refractivity contribution in [3.8, 4) is 0 Å². The number of aliphatic hydroxyl groups excluding tert-OH is 1. The Labute approximate surface area is 124 Å². The predicted octanol–water partition coefficient (Wildman–Crippen LogP) is 3.87. The summed E-state index contributed by atoms with van der Waals surface area (Å²) in [6.07, 6.45) is 2.32. The van der Waals surface area contributed by atoms with Crippen LogP contribution in [0.25, 0.3) is 0 Å². The highest BCUT2D eigenvalue weighted by molar-refractivity contribution is 5.12. The Morgan fingerprint density at radius 3 is 2.20 bits per heavy atom. The quantitative estimate of drug-likeness (QED) is 0.730. The second kappa shape index (κ2) is 4.01. The lowest BCUT2D eigenvalue weighted by Crippen LogP contribution is -2.49. The fourth-order valence-electron chi connectivity index (χ4n) is 5.59. The molecule has 3 fully saturated rings. The van der Waals surface area contributed by atoms with Gasteiger partial charge in [-0.1, -0.05) is 48.5 Å². The van der Waals surface area contributed by atoms with Crippen LogP contribution in [-0.2, 0) is 4.74 Å². The molecule has 0 spiro atoms. The van der Waals surface area contributed by atoms with Gasteiger partial charge in [0, 0.05) is 0 Å². The monoisotopic (exact) mass is 280 g/mol. The second-order valence-corrected chi connectivity index (χ2v) is 9.64. The summed E-state index contributed by atoms with van der Waals surface area (Å²) in [5, 5.41) is 10.6. The first-order valence-electron chi connectivity index (χ1n) is 8.32. The first-order chi connectivity index (χ1) is 8.99. The third kappa shape index (κ3) is 1.70. The molecule has 116 valence electrons. The molecule has 3 aliphatic rings. The molecule has 1 saturated heterocycles. The number of fused-ring (bicyclic) bond motifs is 2. The maximum atomic E-state index is 10.6. The zero-order valence-corrected chi connectivity index (χ0v) is 14.2. The van der Waals surface area contributed by atoms with E-state index in [1.165, 1.54) is 0 Å². The zero-order chi connectivity index (χ0) is 15.1. The summed E-state index contributed by atoms with van der Waals surface area (Å²) in [5.74, 6) is 1.79. The third-order valence-electron chi connectivity index (χ3n) is 7.56. The minimum atomic E-state index is -0.303. The van der Waals surface area contributed by atoms with E-state index in [2.05, 4.69) is 48.5 Å². The van der Waals surface area contributed by atoms with Gasteiger partial charge < -0.3 is 9.84 Å². The molecule has 1 unspecified atom stereocenters. The molecule has 20 heavy (non-hydrogen) atoms. The first-order valence-corrected chi connectivity index (χ1v) is 8.32. The van der Waals surface area contributed by atoms with Gasteiger partial charge in [-0.2, -0.15) is 0 Å². The van der Waals surface area contributed by atoms with Gasteiger partial charge in [-0.05, 0) is 46.8 Å². The zero-order valence-electron chi connectivity index (χ0n) is 14.2. The maximum Gasteiger partial charge on any atom is 0.0874 e. The summed E-state index contributed by atoms with van der Waals surface area (Å²) < 4.78 is 6.47. The summed E-state index contributed by atoms with van der Waals surface area (Å²) in [6, 6.07) is 0. The molecule has 3 rings (SSSR count). The molecule has 0 bridgehead atoms. The number of hydrogen-bond acceptors (Lipinski definition) is 2. The van der Waals surface area contributed by atoms with Crippen LogP contribution in [0.15, 0.2) is 0 Å². The van der Waals surface area contributed by atoms with E-state index >= 15 is 0 Å². The van der Waals surface area contributed by atoms with Crippen LogP contribution in [-0.4, -0.2) is 23.4 Å². The average Bonchev–Trinajstić information content (AvgIpc) is 2.61. The highest BCUT2D eigenvalue weighted by atomic mass is 16.5. The van der Waals surface area contributed by atoms with Crippen molar-refractivity contribution in [2.75, 3.05) is 0 Å². The van der Waals surface area contributed by atoms with E-state index in [0.29, 0.717) is 34.7 Å². The van der Waals surface area contributed by atoms with Crippen LogP contribution < -0.4 is 0 Å². The van der Waals surface area contributed by atoms with Gasteiger partial charge >= 0.3 is 0 Å². The molecular weight excluding hydrogens is 248 g/mol. The molecule has 1 N–H and O–H groups in total. The predicted molar refractivity (Wildman–Crippen MR) is 81.4 cm³/mol. The summed E-state index contributed by atoms with van der Waals surface area (Å²) in [5.41, 5.74) is 0.622. The minimum absolute atomic E-state index is 0.00188. The van der Waals surface area contributed by atoms with Gasteiger partial charge in [0.1, 0.15) is 0 Å². The van der Waals surface area contributed by atoms with E-state index in [9.17, 15) is 5.11 Å². The standard InChI is InChI=1S/C18H32O2/c1-10-11-8-16(2,3)15(19)14(11)20-12-9-17(4,5)18(6,7)13(10)12/h10-15,19H,8-9H2,1-7H3/t10-,11-,12+,13+,14?,15+/m1/s1. The lowest BCUT2D eigenvalue weighted by molar-refractivity contribution is -0.166. The summed E-state index contributed by atoms with van der Waals surface area (Å²) in [7, 11) is 0. The van der Waals surface area contributed by atoms with Gasteiger partial charge in [0.15, 0.2) is 0 Å². The number of hydrogen-bond donors (Lipinski definition) is 1. The largest absolute Gasteiger partial charge is 0.390 e. The Hall–Kier alpha value is -0.0800. The van der Waals surface area contributed by atoms with Gasteiger partial charge in [-0.15, -0.1) is 0 Å². The smallest absolute Gasteiger partial charge is 0.0874 e. The van der Waals surface area contributed by atoms with E-state index in [0.717, 1.165) is 12.8 Å². The number of aliphatic hydroxyl groups is 1. The fourth-order valence-corrected chi connectivity index (χ4v) is 5.59. The van der Waals surface area contributed by atoms with Gasteiger partial charge in [0.2, 0.25) is 0 Å². The Morgan fingerprint density at radius 2 is 1.60 bits per heavy atom. The number of ether oxygens (including phenoxy) is 1. The topological polar surface area (TPSA) is 29.5 Å². The van der Waals surface area contributed by atoms with Crippen molar-refractivity contribution >= 4 is 0 Å². The third-order valence-corrected chi connectivity index (χ3v) is 7.56. The van der Waals surface area contributed by atoms with Crippen molar-refractivity contribution in [2.45, 2.75) is 79.6 Å². The van der Waals surface area contributed by atoms with Crippen LogP contribution in [0, 0.1) is 34.0 Å².